The molecule has 2 aromatic rings. The Hall–Kier alpha value is -1.90. The quantitative estimate of drug-likeness (QED) is 0.881. The molecule has 2 fully saturated rings. The third-order valence-electron chi connectivity index (χ3n) is 4.88. The average molecular weight is 348 g/mol. The van der Waals surface area contributed by atoms with E-state index in [1.54, 1.807) is 22.3 Å². The summed E-state index contributed by atoms with van der Waals surface area (Å²) in [6.07, 6.45) is 2.97. The van der Waals surface area contributed by atoms with E-state index in [-0.39, 0.29) is 4.90 Å². The zero-order valence-electron chi connectivity index (χ0n) is 13.4. The number of ether oxygens (including phenoxy) is 1. The highest BCUT2D eigenvalue weighted by Crippen LogP contribution is 2.31. The molecule has 128 valence electrons. The standard InChI is InChI=1S/C16H20N4O3S/c1-23-16-5-3-2-4-15(16)20-11-14(8-18-20)24(21,22)19-9-12-6-17-7-13(12)10-19/h2-5,8,11-13,17H,6-7,9-10H2,1H3/t12-,13+. The highest BCUT2D eigenvalue weighted by Gasteiger charge is 2.41. The third-order valence-corrected chi connectivity index (χ3v) is 6.67. The van der Waals surface area contributed by atoms with Gasteiger partial charge in [0.05, 0.1) is 19.5 Å². The summed E-state index contributed by atoms with van der Waals surface area (Å²) in [6, 6.07) is 7.39. The molecule has 0 spiro atoms. The molecule has 2 aliphatic rings. The predicted molar refractivity (Wildman–Crippen MR) is 88.7 cm³/mol. The third kappa shape index (κ3) is 2.51. The van der Waals surface area contributed by atoms with Gasteiger partial charge in [0.2, 0.25) is 10.0 Å². The first kappa shape index (κ1) is 15.6. The van der Waals surface area contributed by atoms with E-state index in [2.05, 4.69) is 10.4 Å². The lowest BCUT2D eigenvalue weighted by Crippen LogP contribution is -2.31. The van der Waals surface area contributed by atoms with Crippen molar-refractivity contribution in [3.63, 3.8) is 0 Å². The molecule has 1 aromatic carbocycles. The maximum atomic E-state index is 12.9. The minimum atomic E-state index is -3.51. The van der Waals surface area contributed by atoms with Gasteiger partial charge in [0, 0.05) is 13.1 Å². The fourth-order valence-corrected chi connectivity index (χ4v) is 5.03. The molecule has 4 rings (SSSR count). The fourth-order valence-electron chi connectivity index (χ4n) is 3.55. The van der Waals surface area contributed by atoms with E-state index in [1.807, 2.05) is 24.3 Å². The van der Waals surface area contributed by atoms with E-state index >= 15 is 0 Å². The summed E-state index contributed by atoms with van der Waals surface area (Å²) in [7, 11) is -1.93. The van der Waals surface area contributed by atoms with Crippen LogP contribution in [0, 0.1) is 11.8 Å². The first-order valence-corrected chi connectivity index (χ1v) is 9.42. The van der Waals surface area contributed by atoms with Crippen molar-refractivity contribution in [3.8, 4) is 11.4 Å². The lowest BCUT2D eigenvalue weighted by molar-refractivity contribution is 0.411. The van der Waals surface area contributed by atoms with Crippen LogP contribution in [0.4, 0.5) is 0 Å². The van der Waals surface area contributed by atoms with Crippen LogP contribution in [0.3, 0.4) is 0 Å². The fraction of sp³-hybridized carbons (Fsp3) is 0.438. The Kier molecular flexibility index (Phi) is 3.82. The van der Waals surface area contributed by atoms with Crippen LogP contribution >= 0.6 is 0 Å². The average Bonchev–Trinajstić information content (AvgIpc) is 3.30. The number of rotatable bonds is 4. The lowest BCUT2D eigenvalue weighted by Gasteiger charge is -2.16. The van der Waals surface area contributed by atoms with E-state index < -0.39 is 10.0 Å². The molecule has 0 unspecified atom stereocenters. The van der Waals surface area contributed by atoms with Crippen LogP contribution in [-0.2, 0) is 10.0 Å². The van der Waals surface area contributed by atoms with Crippen LogP contribution < -0.4 is 10.1 Å². The number of hydrogen-bond acceptors (Lipinski definition) is 5. The minimum absolute atomic E-state index is 0.223. The molecule has 0 saturated carbocycles. The van der Waals surface area contributed by atoms with E-state index in [9.17, 15) is 8.42 Å². The van der Waals surface area contributed by atoms with Crippen LogP contribution in [-0.4, -0.2) is 55.8 Å². The molecule has 0 bridgehead atoms. The zero-order chi connectivity index (χ0) is 16.7. The van der Waals surface area contributed by atoms with Gasteiger partial charge < -0.3 is 10.1 Å². The molecule has 24 heavy (non-hydrogen) atoms. The van der Waals surface area contributed by atoms with Gasteiger partial charge in [-0.2, -0.15) is 9.40 Å². The number of hydrogen-bond donors (Lipinski definition) is 1. The molecular weight excluding hydrogens is 328 g/mol. The summed E-state index contributed by atoms with van der Waals surface area (Å²) in [5, 5.41) is 7.55. The Morgan fingerprint density at radius 1 is 1.21 bits per heavy atom. The normalized spacial score (nSPS) is 24.2. The molecule has 1 N–H and O–H groups in total. The number of nitrogens with one attached hydrogen (secondary N) is 1. The molecular formula is C16H20N4O3S. The van der Waals surface area contributed by atoms with Crippen LogP contribution in [0.25, 0.3) is 5.69 Å². The van der Waals surface area contributed by atoms with Crippen molar-refractivity contribution in [2.45, 2.75) is 4.90 Å². The molecule has 2 atom stereocenters. The lowest BCUT2D eigenvalue weighted by atomic mass is 10.0. The van der Waals surface area contributed by atoms with Crippen molar-refractivity contribution in [1.29, 1.82) is 0 Å². The number of sulfonamides is 1. The number of aromatic nitrogens is 2. The molecule has 7 nitrogen and oxygen atoms in total. The second-order valence-electron chi connectivity index (χ2n) is 6.29. The molecule has 0 amide bonds. The Bertz CT molecular complexity index is 837. The van der Waals surface area contributed by atoms with Crippen LogP contribution in [0.5, 0.6) is 5.75 Å². The van der Waals surface area contributed by atoms with Gasteiger partial charge in [-0.25, -0.2) is 13.1 Å². The van der Waals surface area contributed by atoms with Crippen LogP contribution in [0.2, 0.25) is 0 Å². The second kappa shape index (κ2) is 5.87. The van der Waals surface area contributed by atoms with Crippen LogP contribution in [0.1, 0.15) is 0 Å². The largest absolute Gasteiger partial charge is 0.494 e. The SMILES string of the molecule is COc1ccccc1-n1cc(S(=O)(=O)N2C[C@H]3CNC[C@H]3C2)cn1. The van der Waals surface area contributed by atoms with Gasteiger partial charge in [-0.05, 0) is 37.1 Å². The predicted octanol–water partition coefficient (Wildman–Crippen LogP) is 0.721. The second-order valence-corrected chi connectivity index (χ2v) is 8.23. The molecule has 0 aliphatic carbocycles. The van der Waals surface area contributed by atoms with Gasteiger partial charge in [0.15, 0.2) is 0 Å². The summed E-state index contributed by atoms with van der Waals surface area (Å²) in [4.78, 5) is 0.223. The van der Waals surface area contributed by atoms with Crippen molar-refractivity contribution in [3.05, 3.63) is 36.7 Å². The topological polar surface area (TPSA) is 76.5 Å². The van der Waals surface area contributed by atoms with E-state index in [0.717, 1.165) is 13.1 Å². The van der Waals surface area contributed by atoms with Gasteiger partial charge in [0.1, 0.15) is 16.3 Å². The highest BCUT2D eigenvalue weighted by atomic mass is 32.2. The molecule has 1 aromatic heterocycles. The van der Waals surface area contributed by atoms with Gasteiger partial charge in [-0.1, -0.05) is 12.1 Å². The molecule has 8 heteroatoms. The van der Waals surface area contributed by atoms with Gasteiger partial charge in [-0.15, -0.1) is 0 Å². The summed E-state index contributed by atoms with van der Waals surface area (Å²) in [5.74, 6) is 1.49. The highest BCUT2D eigenvalue weighted by molar-refractivity contribution is 7.89. The number of benzene rings is 1. The number of para-hydroxylation sites is 2. The Morgan fingerprint density at radius 3 is 2.62 bits per heavy atom. The Labute approximate surface area is 141 Å². The smallest absolute Gasteiger partial charge is 0.246 e. The van der Waals surface area contributed by atoms with Crippen molar-refractivity contribution < 1.29 is 13.2 Å². The minimum Gasteiger partial charge on any atom is -0.494 e. The Morgan fingerprint density at radius 2 is 1.92 bits per heavy atom. The number of nitrogens with zero attached hydrogens (tertiary/aromatic N) is 3. The van der Waals surface area contributed by atoms with Gasteiger partial charge in [-0.3, -0.25) is 0 Å². The number of fused-ring (bicyclic) bond motifs is 1. The van der Waals surface area contributed by atoms with Crippen molar-refractivity contribution >= 4 is 10.0 Å². The molecule has 2 saturated heterocycles. The first-order chi connectivity index (χ1) is 11.6. The number of methoxy groups -OCH3 is 1. The zero-order valence-corrected chi connectivity index (χ0v) is 14.2. The summed E-state index contributed by atoms with van der Waals surface area (Å²) >= 11 is 0. The molecule has 2 aliphatic heterocycles. The summed E-state index contributed by atoms with van der Waals surface area (Å²) in [5.41, 5.74) is 0.712. The van der Waals surface area contributed by atoms with Crippen molar-refractivity contribution in [2.75, 3.05) is 33.3 Å². The van der Waals surface area contributed by atoms with E-state index in [1.165, 1.54) is 6.20 Å². The monoisotopic (exact) mass is 348 g/mol. The van der Waals surface area contributed by atoms with Gasteiger partial charge >= 0.3 is 0 Å². The maximum absolute atomic E-state index is 12.9. The van der Waals surface area contributed by atoms with Crippen LogP contribution in [0.15, 0.2) is 41.6 Å². The Balaban J connectivity index is 1.62. The first-order valence-electron chi connectivity index (χ1n) is 7.98. The van der Waals surface area contributed by atoms with Crippen molar-refractivity contribution in [1.82, 2.24) is 19.4 Å². The summed E-state index contributed by atoms with van der Waals surface area (Å²) in [6.45, 7) is 2.97. The summed E-state index contributed by atoms with van der Waals surface area (Å²) < 4.78 is 34.2. The van der Waals surface area contributed by atoms with Gasteiger partial charge in [0.25, 0.3) is 0 Å². The van der Waals surface area contributed by atoms with Crippen molar-refractivity contribution in [2.24, 2.45) is 11.8 Å². The molecule has 0 radical (unpaired) electrons. The maximum Gasteiger partial charge on any atom is 0.246 e. The van der Waals surface area contributed by atoms with E-state index in [4.69, 9.17) is 4.74 Å². The van der Waals surface area contributed by atoms with E-state index in [0.29, 0.717) is 36.4 Å². The molecule has 3 heterocycles.